The van der Waals surface area contributed by atoms with E-state index in [1.165, 1.54) is 11.8 Å². The van der Waals surface area contributed by atoms with E-state index in [4.69, 9.17) is 11.6 Å². The number of carbonyl (C=O) groups is 1. The van der Waals surface area contributed by atoms with Crippen LogP contribution in [0.3, 0.4) is 0 Å². The minimum Gasteiger partial charge on any atom is -0.374 e. The van der Waals surface area contributed by atoms with Crippen LogP contribution in [0.15, 0.2) is 40.0 Å². The number of anilines is 1. The summed E-state index contributed by atoms with van der Waals surface area (Å²) in [6, 6.07) is 8.81. The van der Waals surface area contributed by atoms with Crippen molar-refractivity contribution in [3.63, 3.8) is 0 Å². The topological polar surface area (TPSA) is 42.3 Å². The molecule has 0 unspecified atom stereocenters. The van der Waals surface area contributed by atoms with Gasteiger partial charge in [0.15, 0.2) is 5.43 Å². The van der Waals surface area contributed by atoms with Crippen molar-refractivity contribution in [1.29, 1.82) is 0 Å². The lowest BCUT2D eigenvalue weighted by atomic mass is 9.81. The number of aldehydes is 1. The minimum absolute atomic E-state index is 0.0589. The van der Waals surface area contributed by atoms with E-state index in [1.807, 2.05) is 34.9 Å². The number of aromatic nitrogens is 1. The number of benzene rings is 2. The maximum absolute atomic E-state index is 13.2. The van der Waals surface area contributed by atoms with Crippen LogP contribution in [0.4, 0.5) is 14.5 Å². The van der Waals surface area contributed by atoms with Crippen molar-refractivity contribution in [3.05, 3.63) is 45.6 Å². The molecule has 3 aromatic rings. The fourth-order valence-electron chi connectivity index (χ4n) is 4.30. The van der Waals surface area contributed by atoms with Crippen molar-refractivity contribution in [3.8, 4) is 0 Å². The van der Waals surface area contributed by atoms with E-state index in [0.717, 1.165) is 16.9 Å². The highest BCUT2D eigenvalue weighted by molar-refractivity contribution is 7.99. The monoisotopic (exact) mass is 450 g/mol. The lowest BCUT2D eigenvalue weighted by molar-refractivity contribution is -0.108. The van der Waals surface area contributed by atoms with Crippen LogP contribution in [0, 0.1) is 5.92 Å². The van der Waals surface area contributed by atoms with Crippen LogP contribution in [0.5, 0.6) is 0 Å². The van der Waals surface area contributed by atoms with E-state index in [-0.39, 0.29) is 30.7 Å². The second-order valence-electron chi connectivity index (χ2n) is 7.80. The van der Waals surface area contributed by atoms with Crippen molar-refractivity contribution >= 4 is 57.1 Å². The maximum Gasteiger partial charge on any atom is 0.248 e. The molecule has 1 heterocycles. The van der Waals surface area contributed by atoms with Crippen molar-refractivity contribution < 1.29 is 13.6 Å². The van der Waals surface area contributed by atoms with Crippen molar-refractivity contribution in [2.75, 3.05) is 24.7 Å². The third kappa shape index (κ3) is 3.58. The van der Waals surface area contributed by atoms with Crippen LogP contribution in [0.2, 0.25) is 5.02 Å². The molecule has 0 bridgehead atoms. The van der Waals surface area contributed by atoms with Gasteiger partial charge < -0.3 is 14.3 Å². The first-order valence-electron chi connectivity index (χ1n) is 9.61. The molecule has 2 aromatic carbocycles. The SMILES string of the molecule is CSc1c(Cl)ccc2c(=O)c3ccc(N(C)CC4CC(F)(F)C4)cc3n(CC=O)c12. The van der Waals surface area contributed by atoms with Crippen LogP contribution in [0.25, 0.3) is 21.8 Å². The molecule has 0 spiro atoms. The molecule has 0 amide bonds. The molecule has 1 aromatic heterocycles. The van der Waals surface area contributed by atoms with Crippen molar-refractivity contribution in [1.82, 2.24) is 4.57 Å². The zero-order valence-corrected chi connectivity index (χ0v) is 18.2. The Kier molecular flexibility index (Phi) is 5.53. The highest BCUT2D eigenvalue weighted by Crippen LogP contribution is 2.43. The van der Waals surface area contributed by atoms with Gasteiger partial charge >= 0.3 is 0 Å². The van der Waals surface area contributed by atoms with Crippen LogP contribution < -0.4 is 10.3 Å². The Morgan fingerprint density at radius 3 is 2.60 bits per heavy atom. The van der Waals surface area contributed by atoms with E-state index in [9.17, 15) is 18.4 Å². The van der Waals surface area contributed by atoms with Gasteiger partial charge in [0.1, 0.15) is 6.29 Å². The number of fused-ring (bicyclic) bond motifs is 2. The number of rotatable bonds is 6. The first-order valence-corrected chi connectivity index (χ1v) is 11.2. The molecule has 4 nitrogen and oxygen atoms in total. The van der Waals surface area contributed by atoms with E-state index >= 15 is 0 Å². The Bertz CT molecular complexity index is 1200. The largest absolute Gasteiger partial charge is 0.374 e. The number of halogens is 3. The summed E-state index contributed by atoms with van der Waals surface area (Å²) in [6.07, 6.45) is 2.47. The Morgan fingerprint density at radius 2 is 1.97 bits per heavy atom. The number of nitrogens with zero attached hydrogens (tertiary/aromatic N) is 2. The highest BCUT2D eigenvalue weighted by Gasteiger charge is 2.45. The predicted molar refractivity (Wildman–Crippen MR) is 120 cm³/mol. The Labute approximate surface area is 181 Å². The lowest BCUT2D eigenvalue weighted by Gasteiger charge is -2.37. The number of pyridine rings is 1. The zero-order chi connectivity index (χ0) is 21.6. The summed E-state index contributed by atoms with van der Waals surface area (Å²) < 4.78 is 28.2. The fourth-order valence-corrected chi connectivity index (χ4v) is 5.36. The van der Waals surface area contributed by atoms with Crippen molar-refractivity contribution in [2.24, 2.45) is 5.92 Å². The molecule has 1 saturated carbocycles. The number of carbonyl (C=O) groups excluding carboxylic acids is 1. The van der Waals surface area contributed by atoms with Gasteiger partial charge in [-0.25, -0.2) is 8.78 Å². The molecule has 1 aliphatic rings. The third-order valence-corrected chi connectivity index (χ3v) is 6.97. The Hall–Kier alpha value is -2.12. The van der Waals surface area contributed by atoms with Gasteiger partial charge in [0, 0.05) is 42.9 Å². The summed E-state index contributed by atoms with van der Waals surface area (Å²) in [5.74, 6) is -2.61. The smallest absolute Gasteiger partial charge is 0.248 e. The fraction of sp³-hybridized carbons (Fsp3) is 0.364. The Balaban J connectivity index is 1.88. The van der Waals surface area contributed by atoms with E-state index in [2.05, 4.69) is 0 Å². The molecule has 1 fully saturated rings. The molecule has 8 heteroatoms. The van der Waals surface area contributed by atoms with Gasteiger partial charge in [-0.05, 0) is 42.5 Å². The second-order valence-corrected chi connectivity index (χ2v) is 9.02. The molecule has 0 saturated heterocycles. The molecule has 4 rings (SSSR count). The summed E-state index contributed by atoms with van der Waals surface area (Å²) in [7, 11) is 1.85. The first kappa shape index (κ1) is 21.1. The van der Waals surface area contributed by atoms with Gasteiger partial charge in [0.05, 0.1) is 27.5 Å². The summed E-state index contributed by atoms with van der Waals surface area (Å²) in [4.78, 5) is 27.3. The average molecular weight is 451 g/mol. The number of thioether (sulfide) groups is 1. The molecular weight excluding hydrogens is 430 g/mol. The quantitative estimate of drug-likeness (QED) is 0.294. The normalized spacial score (nSPS) is 16.0. The maximum atomic E-state index is 13.2. The van der Waals surface area contributed by atoms with Gasteiger partial charge in [-0.2, -0.15) is 0 Å². The van der Waals surface area contributed by atoms with E-state index in [0.29, 0.717) is 33.4 Å². The summed E-state index contributed by atoms with van der Waals surface area (Å²) in [5.41, 5.74) is 1.95. The van der Waals surface area contributed by atoms with Gasteiger partial charge in [0.25, 0.3) is 0 Å². The second kappa shape index (κ2) is 7.85. The molecule has 0 atom stereocenters. The van der Waals surface area contributed by atoms with Gasteiger partial charge in [-0.1, -0.05) is 11.6 Å². The molecular formula is C22H21ClF2N2O2S. The summed E-state index contributed by atoms with van der Waals surface area (Å²) in [5, 5.41) is 1.54. The van der Waals surface area contributed by atoms with Crippen molar-refractivity contribution in [2.45, 2.75) is 30.2 Å². The lowest BCUT2D eigenvalue weighted by Crippen LogP contribution is -2.41. The van der Waals surface area contributed by atoms with E-state index in [1.54, 1.807) is 18.2 Å². The van der Waals surface area contributed by atoms with Crippen LogP contribution in [0.1, 0.15) is 12.8 Å². The number of alkyl halides is 2. The van der Waals surface area contributed by atoms with E-state index < -0.39 is 5.92 Å². The zero-order valence-electron chi connectivity index (χ0n) is 16.6. The Morgan fingerprint density at radius 1 is 1.27 bits per heavy atom. The van der Waals surface area contributed by atoms with Crippen LogP contribution >= 0.6 is 23.4 Å². The molecule has 0 aliphatic heterocycles. The summed E-state index contributed by atoms with van der Waals surface area (Å²) >= 11 is 7.79. The molecule has 0 N–H and O–H groups in total. The predicted octanol–water partition coefficient (Wildman–Crippen LogP) is 5.21. The standard InChI is InChI=1S/C22H21ClF2N2O2S/c1-26(12-13-10-22(24,25)11-13)14-3-4-15-18(9-14)27(7-8-28)19-16(20(15)29)5-6-17(23)21(19)30-2/h3-6,8-9,13H,7,10-12H2,1-2H3. The highest BCUT2D eigenvalue weighted by atomic mass is 35.5. The summed E-state index contributed by atoms with van der Waals surface area (Å²) in [6.45, 7) is 0.581. The molecule has 158 valence electrons. The van der Waals surface area contributed by atoms with Gasteiger partial charge in [-0.3, -0.25) is 4.79 Å². The average Bonchev–Trinajstić information content (AvgIpc) is 2.69. The first-order chi connectivity index (χ1) is 14.3. The number of hydrogen-bond acceptors (Lipinski definition) is 4. The van der Waals surface area contributed by atoms with Gasteiger partial charge in [0.2, 0.25) is 5.92 Å². The number of hydrogen-bond donors (Lipinski definition) is 0. The third-order valence-electron chi connectivity index (χ3n) is 5.72. The minimum atomic E-state index is -2.55. The van der Waals surface area contributed by atoms with Crippen LogP contribution in [-0.4, -0.2) is 36.6 Å². The van der Waals surface area contributed by atoms with Gasteiger partial charge in [-0.15, -0.1) is 11.8 Å². The van der Waals surface area contributed by atoms with Crippen LogP contribution in [-0.2, 0) is 11.3 Å². The molecule has 1 aliphatic carbocycles. The molecule has 0 radical (unpaired) electrons. The molecule has 30 heavy (non-hydrogen) atoms.